The average molecular weight is 295 g/mol. The van der Waals surface area contributed by atoms with E-state index in [9.17, 15) is 14.3 Å². The minimum Gasteiger partial charge on any atom is -0.444 e. The smallest absolute Gasteiger partial charge is 0.410 e. The molecule has 0 saturated carbocycles. The Bertz CT molecular complexity index is 526. The number of β-amino-alcohol motifs (C(OH)–C–C–N with tert-alkyl or cyclic N) is 1. The third kappa shape index (κ3) is 4.43. The Balaban J connectivity index is 1.98. The van der Waals surface area contributed by atoms with Gasteiger partial charge in [-0.05, 0) is 44.9 Å². The van der Waals surface area contributed by atoms with E-state index in [1.807, 2.05) is 0 Å². The lowest BCUT2D eigenvalue weighted by Crippen LogP contribution is -2.40. The molecule has 0 aliphatic carbocycles. The molecule has 0 spiro atoms. The van der Waals surface area contributed by atoms with Gasteiger partial charge in [-0.2, -0.15) is 0 Å². The molecule has 21 heavy (non-hydrogen) atoms. The molecule has 1 amide bonds. The van der Waals surface area contributed by atoms with E-state index in [2.05, 4.69) is 0 Å². The summed E-state index contributed by atoms with van der Waals surface area (Å²) in [7, 11) is 0. The maximum atomic E-state index is 13.2. The van der Waals surface area contributed by atoms with Crippen LogP contribution in [0.25, 0.3) is 0 Å². The summed E-state index contributed by atoms with van der Waals surface area (Å²) in [5.41, 5.74) is -0.853. The van der Waals surface area contributed by atoms with Crippen LogP contribution in [-0.2, 0) is 11.2 Å². The predicted molar refractivity (Wildman–Crippen MR) is 77.5 cm³/mol. The normalized spacial score (nSPS) is 22.4. The van der Waals surface area contributed by atoms with Gasteiger partial charge in [0.25, 0.3) is 0 Å². The van der Waals surface area contributed by atoms with Crippen molar-refractivity contribution in [3.05, 3.63) is 35.6 Å². The van der Waals surface area contributed by atoms with Crippen LogP contribution in [-0.4, -0.2) is 40.4 Å². The number of hydrogen-bond donors (Lipinski definition) is 1. The number of rotatable bonds is 2. The maximum absolute atomic E-state index is 13.2. The van der Waals surface area contributed by atoms with E-state index >= 15 is 0 Å². The molecule has 1 unspecified atom stereocenters. The third-order valence-electron chi connectivity index (χ3n) is 3.41. The summed E-state index contributed by atoms with van der Waals surface area (Å²) in [5, 5.41) is 10.6. The fourth-order valence-electron chi connectivity index (χ4n) is 2.51. The second-order valence-corrected chi connectivity index (χ2v) is 6.68. The SMILES string of the molecule is CC(C)(C)OC(=O)N1CCC(O)(Cc2cccc(F)c2)C1. The molecule has 1 N–H and O–H groups in total. The fourth-order valence-corrected chi connectivity index (χ4v) is 2.51. The molecular weight excluding hydrogens is 273 g/mol. The molecule has 1 aromatic rings. The van der Waals surface area contributed by atoms with Crippen molar-refractivity contribution in [1.29, 1.82) is 0 Å². The highest BCUT2D eigenvalue weighted by molar-refractivity contribution is 5.68. The van der Waals surface area contributed by atoms with Gasteiger partial charge in [0, 0.05) is 13.0 Å². The van der Waals surface area contributed by atoms with Crippen molar-refractivity contribution in [3.8, 4) is 0 Å². The topological polar surface area (TPSA) is 49.8 Å². The molecule has 1 saturated heterocycles. The number of nitrogens with zero attached hydrogens (tertiary/aromatic N) is 1. The standard InChI is InChI=1S/C16H22FNO3/c1-15(2,3)21-14(19)18-8-7-16(20,11-18)10-12-5-4-6-13(17)9-12/h4-6,9,20H,7-8,10-11H2,1-3H3. The number of ether oxygens (including phenoxy) is 1. The van der Waals surface area contributed by atoms with Crippen molar-refractivity contribution in [2.75, 3.05) is 13.1 Å². The summed E-state index contributed by atoms with van der Waals surface area (Å²) in [6.07, 6.45) is 0.366. The monoisotopic (exact) mass is 295 g/mol. The number of aliphatic hydroxyl groups is 1. The highest BCUT2D eigenvalue weighted by Crippen LogP contribution is 2.27. The molecule has 1 heterocycles. The number of likely N-dealkylation sites (tertiary alicyclic amines) is 1. The molecule has 116 valence electrons. The van der Waals surface area contributed by atoms with Gasteiger partial charge in [-0.1, -0.05) is 12.1 Å². The van der Waals surface area contributed by atoms with Gasteiger partial charge in [0.15, 0.2) is 0 Å². The zero-order valence-electron chi connectivity index (χ0n) is 12.7. The molecule has 0 bridgehead atoms. The lowest BCUT2D eigenvalue weighted by atomic mass is 9.94. The van der Waals surface area contributed by atoms with Crippen LogP contribution in [0.4, 0.5) is 9.18 Å². The number of carbonyl (C=O) groups excluding carboxylic acids is 1. The molecule has 1 aliphatic rings. The zero-order chi connectivity index (χ0) is 15.7. The molecule has 0 aromatic heterocycles. The molecule has 0 radical (unpaired) electrons. The maximum Gasteiger partial charge on any atom is 0.410 e. The first-order valence-electron chi connectivity index (χ1n) is 7.12. The van der Waals surface area contributed by atoms with Gasteiger partial charge in [0.05, 0.1) is 12.1 Å². The van der Waals surface area contributed by atoms with Crippen LogP contribution in [0.3, 0.4) is 0 Å². The largest absolute Gasteiger partial charge is 0.444 e. The number of halogens is 1. The third-order valence-corrected chi connectivity index (χ3v) is 3.41. The van der Waals surface area contributed by atoms with E-state index in [0.29, 0.717) is 19.4 Å². The Morgan fingerprint density at radius 1 is 1.48 bits per heavy atom. The van der Waals surface area contributed by atoms with E-state index in [4.69, 9.17) is 4.74 Å². The minimum absolute atomic E-state index is 0.207. The Kier molecular flexibility index (Phi) is 4.23. The molecule has 1 atom stereocenters. The van der Waals surface area contributed by atoms with Gasteiger partial charge in [-0.15, -0.1) is 0 Å². The summed E-state index contributed by atoms with van der Waals surface area (Å²) in [6, 6.07) is 6.18. The Hall–Kier alpha value is -1.62. The quantitative estimate of drug-likeness (QED) is 0.912. The lowest BCUT2D eigenvalue weighted by molar-refractivity contribution is 0.0153. The van der Waals surface area contributed by atoms with Crippen LogP contribution in [0.1, 0.15) is 32.8 Å². The Morgan fingerprint density at radius 3 is 2.81 bits per heavy atom. The highest BCUT2D eigenvalue weighted by Gasteiger charge is 2.39. The summed E-state index contributed by atoms with van der Waals surface area (Å²) in [6.45, 7) is 6.07. The van der Waals surface area contributed by atoms with E-state index in [1.165, 1.54) is 17.0 Å². The number of amides is 1. The highest BCUT2D eigenvalue weighted by atomic mass is 19.1. The zero-order valence-corrected chi connectivity index (χ0v) is 12.7. The van der Waals surface area contributed by atoms with Crippen molar-refractivity contribution in [2.24, 2.45) is 0 Å². The van der Waals surface area contributed by atoms with Gasteiger partial charge >= 0.3 is 6.09 Å². The Labute approximate surface area is 124 Å². The van der Waals surface area contributed by atoms with Gasteiger partial charge in [0.1, 0.15) is 11.4 Å². The summed E-state index contributed by atoms with van der Waals surface area (Å²) < 4.78 is 18.5. The second-order valence-electron chi connectivity index (χ2n) is 6.68. The predicted octanol–water partition coefficient (Wildman–Crippen LogP) is 2.74. The second kappa shape index (κ2) is 5.64. The first-order valence-corrected chi connectivity index (χ1v) is 7.12. The summed E-state index contributed by atoms with van der Waals surface area (Å²) >= 11 is 0. The molecule has 1 fully saturated rings. The minimum atomic E-state index is -1.02. The van der Waals surface area contributed by atoms with Crippen LogP contribution in [0.2, 0.25) is 0 Å². The van der Waals surface area contributed by atoms with E-state index in [-0.39, 0.29) is 12.4 Å². The first-order chi connectivity index (χ1) is 9.67. The number of hydrogen-bond acceptors (Lipinski definition) is 3. The average Bonchev–Trinajstić information content (AvgIpc) is 2.69. The van der Waals surface area contributed by atoms with Gasteiger partial charge < -0.3 is 14.7 Å². The molecule has 2 rings (SSSR count). The van der Waals surface area contributed by atoms with Crippen LogP contribution in [0.15, 0.2) is 24.3 Å². The van der Waals surface area contributed by atoms with Gasteiger partial charge in [-0.25, -0.2) is 9.18 Å². The van der Waals surface area contributed by atoms with E-state index < -0.39 is 17.3 Å². The molecular formula is C16H22FNO3. The van der Waals surface area contributed by atoms with Gasteiger partial charge in [-0.3, -0.25) is 0 Å². The van der Waals surface area contributed by atoms with Crippen LogP contribution < -0.4 is 0 Å². The van der Waals surface area contributed by atoms with Crippen molar-refractivity contribution >= 4 is 6.09 Å². The fraction of sp³-hybridized carbons (Fsp3) is 0.562. The molecule has 1 aromatic carbocycles. The lowest BCUT2D eigenvalue weighted by Gasteiger charge is -2.26. The molecule has 5 heteroatoms. The number of benzene rings is 1. The van der Waals surface area contributed by atoms with Crippen molar-refractivity contribution in [3.63, 3.8) is 0 Å². The summed E-state index contributed by atoms with van der Waals surface area (Å²) in [5.74, 6) is -0.321. The van der Waals surface area contributed by atoms with Crippen molar-refractivity contribution < 1.29 is 19.0 Å². The van der Waals surface area contributed by atoms with E-state index in [0.717, 1.165) is 5.56 Å². The van der Waals surface area contributed by atoms with Crippen LogP contribution in [0.5, 0.6) is 0 Å². The molecule has 4 nitrogen and oxygen atoms in total. The van der Waals surface area contributed by atoms with Crippen LogP contribution in [0, 0.1) is 5.82 Å². The van der Waals surface area contributed by atoms with Crippen molar-refractivity contribution in [1.82, 2.24) is 4.90 Å². The Morgan fingerprint density at radius 2 is 2.19 bits per heavy atom. The van der Waals surface area contributed by atoms with E-state index in [1.54, 1.807) is 32.9 Å². The van der Waals surface area contributed by atoms with Crippen LogP contribution >= 0.6 is 0 Å². The summed E-state index contributed by atoms with van der Waals surface area (Å²) in [4.78, 5) is 13.5. The first kappa shape index (κ1) is 15.8. The van der Waals surface area contributed by atoms with Gasteiger partial charge in [0.2, 0.25) is 0 Å². The van der Waals surface area contributed by atoms with Crippen molar-refractivity contribution in [2.45, 2.75) is 44.8 Å². The number of carbonyl (C=O) groups is 1. The molecule has 1 aliphatic heterocycles.